The standard InChI is InChI=1S/C16H24BrN/c1-2-18-16-11-5-3-4-9-14(16)12-13-8-6-7-10-15(13)17/h6-8,10,14,16,18H,2-5,9,11-12H2,1H3. The van der Waals surface area contributed by atoms with E-state index >= 15 is 0 Å². The number of hydrogen-bond donors (Lipinski definition) is 1. The van der Waals surface area contributed by atoms with E-state index in [0.29, 0.717) is 6.04 Å². The molecule has 1 aliphatic rings. The summed E-state index contributed by atoms with van der Waals surface area (Å²) in [5.41, 5.74) is 1.47. The van der Waals surface area contributed by atoms with Gasteiger partial charge in [0.1, 0.15) is 0 Å². The zero-order valence-electron chi connectivity index (χ0n) is 11.3. The van der Waals surface area contributed by atoms with Crippen LogP contribution in [0.4, 0.5) is 0 Å². The summed E-state index contributed by atoms with van der Waals surface area (Å²) in [4.78, 5) is 0. The maximum Gasteiger partial charge on any atom is 0.0207 e. The average Bonchev–Trinajstić information content (AvgIpc) is 2.59. The lowest BCUT2D eigenvalue weighted by molar-refractivity contribution is 0.337. The van der Waals surface area contributed by atoms with Crippen LogP contribution in [0.1, 0.15) is 44.6 Å². The smallest absolute Gasteiger partial charge is 0.0207 e. The van der Waals surface area contributed by atoms with E-state index in [2.05, 4.69) is 52.4 Å². The quantitative estimate of drug-likeness (QED) is 0.805. The highest BCUT2D eigenvalue weighted by atomic mass is 79.9. The number of rotatable bonds is 4. The van der Waals surface area contributed by atoms with E-state index in [1.165, 1.54) is 48.6 Å². The van der Waals surface area contributed by atoms with Gasteiger partial charge in [0.2, 0.25) is 0 Å². The molecular weight excluding hydrogens is 286 g/mol. The number of benzene rings is 1. The Balaban J connectivity index is 2.06. The summed E-state index contributed by atoms with van der Waals surface area (Å²) in [5, 5.41) is 3.70. The minimum Gasteiger partial charge on any atom is -0.314 e. The van der Waals surface area contributed by atoms with Crippen molar-refractivity contribution in [2.45, 2.75) is 51.5 Å². The summed E-state index contributed by atoms with van der Waals surface area (Å²) in [5.74, 6) is 0.797. The maximum absolute atomic E-state index is 3.70. The van der Waals surface area contributed by atoms with Gasteiger partial charge in [-0.05, 0) is 43.4 Å². The van der Waals surface area contributed by atoms with Gasteiger partial charge in [-0.2, -0.15) is 0 Å². The fourth-order valence-corrected chi connectivity index (χ4v) is 3.55. The van der Waals surface area contributed by atoms with Crippen LogP contribution in [-0.2, 0) is 6.42 Å². The van der Waals surface area contributed by atoms with Crippen molar-refractivity contribution in [1.29, 1.82) is 0 Å². The Kier molecular flexibility index (Phi) is 5.71. The van der Waals surface area contributed by atoms with Gasteiger partial charge in [0.05, 0.1) is 0 Å². The van der Waals surface area contributed by atoms with Crippen molar-refractivity contribution in [2.75, 3.05) is 6.54 Å². The first-order chi connectivity index (χ1) is 8.81. The van der Waals surface area contributed by atoms with Crippen LogP contribution in [0.15, 0.2) is 28.7 Å². The van der Waals surface area contributed by atoms with Crippen LogP contribution in [0.5, 0.6) is 0 Å². The fraction of sp³-hybridized carbons (Fsp3) is 0.625. The van der Waals surface area contributed by atoms with Crippen molar-refractivity contribution < 1.29 is 0 Å². The SMILES string of the molecule is CCNC1CCCCCC1Cc1ccccc1Br. The molecule has 1 fully saturated rings. The molecule has 2 unspecified atom stereocenters. The molecule has 1 aliphatic carbocycles. The first kappa shape index (κ1) is 14.1. The van der Waals surface area contributed by atoms with Crippen LogP contribution in [-0.4, -0.2) is 12.6 Å². The van der Waals surface area contributed by atoms with Crippen LogP contribution < -0.4 is 5.32 Å². The van der Waals surface area contributed by atoms with Gasteiger partial charge in [-0.15, -0.1) is 0 Å². The molecule has 2 heteroatoms. The van der Waals surface area contributed by atoms with Gasteiger partial charge in [-0.1, -0.05) is 60.3 Å². The Morgan fingerprint density at radius 1 is 1.17 bits per heavy atom. The van der Waals surface area contributed by atoms with E-state index in [1.807, 2.05) is 0 Å². The molecule has 1 nitrogen and oxygen atoms in total. The Hall–Kier alpha value is -0.340. The minimum absolute atomic E-state index is 0.713. The summed E-state index contributed by atoms with van der Waals surface area (Å²) in [6, 6.07) is 9.39. The molecule has 1 aromatic carbocycles. The number of halogens is 1. The van der Waals surface area contributed by atoms with Gasteiger partial charge in [0, 0.05) is 10.5 Å². The zero-order chi connectivity index (χ0) is 12.8. The third-order valence-corrected chi connectivity index (χ3v) is 4.84. The predicted molar refractivity (Wildman–Crippen MR) is 81.9 cm³/mol. The topological polar surface area (TPSA) is 12.0 Å². The van der Waals surface area contributed by atoms with Crippen LogP contribution in [0.25, 0.3) is 0 Å². The molecule has 0 heterocycles. The van der Waals surface area contributed by atoms with Crippen molar-refractivity contribution in [3.8, 4) is 0 Å². The molecule has 18 heavy (non-hydrogen) atoms. The lowest BCUT2D eigenvalue weighted by atomic mass is 9.88. The highest BCUT2D eigenvalue weighted by Gasteiger charge is 2.23. The molecule has 1 saturated carbocycles. The molecule has 0 spiro atoms. The van der Waals surface area contributed by atoms with Gasteiger partial charge >= 0.3 is 0 Å². The molecule has 0 aliphatic heterocycles. The fourth-order valence-electron chi connectivity index (χ4n) is 3.11. The van der Waals surface area contributed by atoms with Gasteiger partial charge in [0.25, 0.3) is 0 Å². The van der Waals surface area contributed by atoms with Crippen molar-refractivity contribution in [3.05, 3.63) is 34.3 Å². The van der Waals surface area contributed by atoms with E-state index in [0.717, 1.165) is 12.5 Å². The molecule has 1 N–H and O–H groups in total. The predicted octanol–water partition coefficient (Wildman–Crippen LogP) is 4.55. The van der Waals surface area contributed by atoms with Crippen molar-refractivity contribution in [1.82, 2.24) is 5.32 Å². The largest absolute Gasteiger partial charge is 0.314 e. The lowest BCUT2D eigenvalue weighted by Gasteiger charge is -2.26. The summed E-state index contributed by atoms with van der Waals surface area (Å²) < 4.78 is 1.27. The summed E-state index contributed by atoms with van der Waals surface area (Å²) >= 11 is 3.68. The third kappa shape index (κ3) is 3.83. The van der Waals surface area contributed by atoms with Crippen LogP contribution in [0, 0.1) is 5.92 Å². The Labute approximate surface area is 119 Å². The van der Waals surface area contributed by atoms with Crippen molar-refractivity contribution in [3.63, 3.8) is 0 Å². The van der Waals surface area contributed by atoms with E-state index in [4.69, 9.17) is 0 Å². The van der Waals surface area contributed by atoms with Gasteiger partial charge < -0.3 is 5.32 Å². The van der Waals surface area contributed by atoms with Crippen LogP contribution in [0.2, 0.25) is 0 Å². The Bertz CT molecular complexity index is 364. The second kappa shape index (κ2) is 7.30. The van der Waals surface area contributed by atoms with Crippen molar-refractivity contribution in [2.24, 2.45) is 5.92 Å². The first-order valence-electron chi connectivity index (χ1n) is 7.28. The number of hydrogen-bond acceptors (Lipinski definition) is 1. The van der Waals surface area contributed by atoms with Gasteiger partial charge in [-0.3, -0.25) is 0 Å². The molecule has 0 aromatic heterocycles. The molecule has 0 saturated heterocycles. The molecule has 2 atom stereocenters. The number of nitrogens with one attached hydrogen (secondary N) is 1. The van der Waals surface area contributed by atoms with Crippen LogP contribution >= 0.6 is 15.9 Å². The molecular formula is C16H24BrN. The third-order valence-electron chi connectivity index (χ3n) is 4.07. The normalized spacial score (nSPS) is 24.8. The van der Waals surface area contributed by atoms with Gasteiger partial charge in [0.15, 0.2) is 0 Å². The minimum atomic E-state index is 0.713. The Morgan fingerprint density at radius 3 is 2.72 bits per heavy atom. The molecule has 2 rings (SSSR count). The van der Waals surface area contributed by atoms with E-state index in [9.17, 15) is 0 Å². The highest BCUT2D eigenvalue weighted by molar-refractivity contribution is 9.10. The highest BCUT2D eigenvalue weighted by Crippen LogP contribution is 2.29. The summed E-state index contributed by atoms with van der Waals surface area (Å²) in [6.45, 7) is 3.32. The molecule has 0 bridgehead atoms. The first-order valence-corrected chi connectivity index (χ1v) is 8.07. The molecule has 0 radical (unpaired) electrons. The maximum atomic E-state index is 3.70. The van der Waals surface area contributed by atoms with E-state index in [-0.39, 0.29) is 0 Å². The monoisotopic (exact) mass is 309 g/mol. The summed E-state index contributed by atoms with van der Waals surface area (Å²) in [7, 11) is 0. The van der Waals surface area contributed by atoms with E-state index < -0.39 is 0 Å². The van der Waals surface area contributed by atoms with E-state index in [1.54, 1.807) is 0 Å². The molecule has 1 aromatic rings. The van der Waals surface area contributed by atoms with Gasteiger partial charge in [-0.25, -0.2) is 0 Å². The Morgan fingerprint density at radius 2 is 1.94 bits per heavy atom. The summed E-state index contributed by atoms with van der Waals surface area (Å²) in [6.07, 6.45) is 8.14. The van der Waals surface area contributed by atoms with Crippen LogP contribution in [0.3, 0.4) is 0 Å². The average molecular weight is 310 g/mol. The zero-order valence-corrected chi connectivity index (χ0v) is 12.9. The van der Waals surface area contributed by atoms with Crippen molar-refractivity contribution >= 4 is 15.9 Å². The second-order valence-corrected chi connectivity index (χ2v) is 6.21. The second-order valence-electron chi connectivity index (χ2n) is 5.36. The molecule has 100 valence electrons. The lowest BCUT2D eigenvalue weighted by Crippen LogP contribution is -2.36. The molecule has 0 amide bonds.